The average molecular weight is 503 g/mol. The van der Waals surface area contributed by atoms with E-state index in [-0.39, 0.29) is 5.75 Å². The van der Waals surface area contributed by atoms with Gasteiger partial charge in [-0.1, -0.05) is 41.0 Å². The lowest BCUT2D eigenvalue weighted by atomic mass is 10.1. The number of fused-ring (bicyclic) bond motifs is 3. The molecule has 0 saturated heterocycles. The SMILES string of the molecule is CCCCSc1nnc2c(n1)O[C@H](c1ccc(O)c(OCC)c1)Nc1ccc(Br)cc1-2. The molecule has 0 amide bonds. The van der Waals surface area contributed by atoms with Crippen LogP contribution in [0.4, 0.5) is 5.69 Å². The highest BCUT2D eigenvalue weighted by Crippen LogP contribution is 2.41. The number of aromatic nitrogens is 3. The summed E-state index contributed by atoms with van der Waals surface area (Å²) in [7, 11) is 0. The number of thioether (sulfide) groups is 1. The molecule has 2 heterocycles. The second-order valence-electron chi connectivity index (χ2n) is 6.94. The van der Waals surface area contributed by atoms with Gasteiger partial charge in [0.25, 0.3) is 0 Å². The van der Waals surface area contributed by atoms with Gasteiger partial charge in [0.1, 0.15) is 0 Å². The van der Waals surface area contributed by atoms with E-state index in [1.165, 1.54) is 0 Å². The van der Waals surface area contributed by atoms with E-state index in [4.69, 9.17) is 9.47 Å². The normalized spacial score (nSPS) is 14.6. The van der Waals surface area contributed by atoms with Gasteiger partial charge in [-0.3, -0.25) is 0 Å². The maximum atomic E-state index is 10.1. The standard InChI is InChI=1S/C22H23BrN4O3S/c1-3-5-10-31-22-25-21-19(26-27-22)15-12-14(23)7-8-16(15)24-20(30-21)13-6-9-17(28)18(11-13)29-4-2/h6-9,11-12,20,24,28H,3-5,10H2,1-2H3/t20-/m1/s1. The number of hydrogen-bond donors (Lipinski definition) is 2. The first-order valence-electron chi connectivity index (χ1n) is 10.2. The van der Waals surface area contributed by atoms with Crippen molar-refractivity contribution < 1.29 is 14.6 Å². The molecule has 2 aromatic carbocycles. The Balaban J connectivity index is 1.75. The van der Waals surface area contributed by atoms with Crippen molar-refractivity contribution in [3.05, 3.63) is 46.4 Å². The van der Waals surface area contributed by atoms with Gasteiger partial charge in [-0.2, -0.15) is 4.98 Å². The number of nitrogens with one attached hydrogen (secondary N) is 1. The number of phenolic OH excluding ortho intramolecular Hbond substituents is 1. The Labute approximate surface area is 193 Å². The highest BCUT2D eigenvalue weighted by atomic mass is 79.9. The minimum absolute atomic E-state index is 0.0857. The lowest BCUT2D eigenvalue weighted by Crippen LogP contribution is -2.17. The summed E-state index contributed by atoms with van der Waals surface area (Å²) in [5, 5.41) is 22.8. The van der Waals surface area contributed by atoms with Gasteiger partial charge < -0.3 is 19.9 Å². The van der Waals surface area contributed by atoms with E-state index < -0.39 is 6.23 Å². The molecule has 7 nitrogen and oxygen atoms in total. The molecule has 4 rings (SSSR count). The highest BCUT2D eigenvalue weighted by molar-refractivity contribution is 9.10. The van der Waals surface area contributed by atoms with E-state index in [0.717, 1.165) is 39.9 Å². The fourth-order valence-corrected chi connectivity index (χ4v) is 4.38. The van der Waals surface area contributed by atoms with Crippen LogP contribution >= 0.6 is 27.7 Å². The minimum atomic E-state index is -0.550. The number of rotatable bonds is 7. The molecule has 31 heavy (non-hydrogen) atoms. The first kappa shape index (κ1) is 21.7. The van der Waals surface area contributed by atoms with Crippen LogP contribution < -0.4 is 14.8 Å². The van der Waals surface area contributed by atoms with Crippen LogP contribution in [0.15, 0.2) is 46.0 Å². The van der Waals surface area contributed by atoms with Gasteiger partial charge in [0.05, 0.1) is 6.61 Å². The van der Waals surface area contributed by atoms with Gasteiger partial charge in [-0.25, -0.2) is 0 Å². The molecule has 0 fully saturated rings. The van der Waals surface area contributed by atoms with Crippen LogP contribution in [0.1, 0.15) is 38.5 Å². The van der Waals surface area contributed by atoms with E-state index in [2.05, 4.69) is 43.4 Å². The summed E-state index contributed by atoms with van der Waals surface area (Å²) in [5.41, 5.74) is 3.07. The second-order valence-corrected chi connectivity index (χ2v) is 8.92. The summed E-state index contributed by atoms with van der Waals surface area (Å²) >= 11 is 5.10. The third-order valence-corrected chi connectivity index (χ3v) is 6.12. The number of unbranched alkanes of at least 4 members (excludes halogenated alkanes) is 1. The number of halogens is 1. The number of ether oxygens (including phenoxy) is 2. The Morgan fingerprint density at radius 2 is 2.06 bits per heavy atom. The Hall–Kier alpha value is -2.52. The third kappa shape index (κ3) is 4.88. The Morgan fingerprint density at radius 3 is 2.87 bits per heavy atom. The Bertz CT molecular complexity index is 1080. The van der Waals surface area contributed by atoms with Crippen molar-refractivity contribution >= 4 is 33.4 Å². The van der Waals surface area contributed by atoms with Crippen molar-refractivity contribution in [2.45, 2.75) is 38.1 Å². The van der Waals surface area contributed by atoms with Gasteiger partial charge in [0.15, 0.2) is 23.4 Å². The monoisotopic (exact) mass is 502 g/mol. The largest absolute Gasteiger partial charge is 0.504 e. The van der Waals surface area contributed by atoms with Gasteiger partial charge >= 0.3 is 0 Å². The Kier molecular flexibility index (Phi) is 6.82. The molecule has 0 aliphatic carbocycles. The molecule has 0 radical (unpaired) electrons. The van der Waals surface area contributed by atoms with Crippen LogP contribution in [-0.2, 0) is 0 Å². The number of hydrogen-bond acceptors (Lipinski definition) is 8. The fourth-order valence-electron chi connectivity index (χ4n) is 3.15. The maximum absolute atomic E-state index is 10.1. The zero-order valence-electron chi connectivity index (χ0n) is 17.3. The first-order chi connectivity index (χ1) is 15.1. The summed E-state index contributed by atoms with van der Waals surface area (Å²) < 4.78 is 12.8. The molecule has 1 aliphatic rings. The molecule has 1 atom stereocenters. The molecule has 9 heteroatoms. The minimum Gasteiger partial charge on any atom is -0.504 e. The van der Waals surface area contributed by atoms with Gasteiger partial charge in [0.2, 0.25) is 11.0 Å². The number of aromatic hydroxyl groups is 1. The predicted octanol–water partition coefficient (Wildman–Crippen LogP) is 5.80. The summed E-state index contributed by atoms with van der Waals surface area (Å²) in [6, 6.07) is 11.0. The molecule has 3 aromatic rings. The number of nitrogens with zero attached hydrogens (tertiary/aromatic N) is 3. The zero-order chi connectivity index (χ0) is 21.8. The van der Waals surface area contributed by atoms with Crippen molar-refractivity contribution in [1.82, 2.24) is 15.2 Å². The molecule has 0 saturated carbocycles. The topological polar surface area (TPSA) is 89.4 Å². The Morgan fingerprint density at radius 1 is 1.19 bits per heavy atom. The molecular weight excluding hydrogens is 480 g/mol. The van der Waals surface area contributed by atoms with Crippen LogP contribution in [0, 0.1) is 0 Å². The summed E-state index contributed by atoms with van der Waals surface area (Å²) in [6.45, 7) is 4.47. The highest BCUT2D eigenvalue weighted by Gasteiger charge is 2.27. The van der Waals surface area contributed by atoms with E-state index in [0.29, 0.717) is 29.1 Å². The van der Waals surface area contributed by atoms with Gasteiger partial charge in [-0.15, -0.1) is 10.2 Å². The van der Waals surface area contributed by atoms with Crippen LogP contribution in [0.5, 0.6) is 17.4 Å². The molecular formula is C22H23BrN4O3S. The van der Waals surface area contributed by atoms with E-state index in [1.54, 1.807) is 30.0 Å². The van der Waals surface area contributed by atoms with Crippen LogP contribution in [0.3, 0.4) is 0 Å². The number of phenols is 1. The molecule has 0 spiro atoms. The van der Waals surface area contributed by atoms with Gasteiger partial charge in [0, 0.05) is 27.0 Å². The van der Waals surface area contributed by atoms with Gasteiger partial charge in [-0.05, 0) is 49.7 Å². The molecule has 162 valence electrons. The second kappa shape index (κ2) is 9.74. The van der Waals surface area contributed by atoms with E-state index in [9.17, 15) is 5.11 Å². The number of benzene rings is 2. The van der Waals surface area contributed by atoms with E-state index in [1.807, 2.05) is 25.1 Å². The summed E-state index contributed by atoms with van der Waals surface area (Å²) in [4.78, 5) is 4.66. The smallest absolute Gasteiger partial charge is 0.247 e. The first-order valence-corrected chi connectivity index (χ1v) is 11.9. The fraction of sp³-hybridized carbons (Fsp3) is 0.318. The van der Waals surface area contributed by atoms with Crippen molar-refractivity contribution in [2.75, 3.05) is 17.7 Å². The maximum Gasteiger partial charge on any atom is 0.247 e. The lowest BCUT2D eigenvalue weighted by molar-refractivity contribution is 0.224. The van der Waals surface area contributed by atoms with Crippen molar-refractivity contribution in [3.8, 4) is 28.6 Å². The average Bonchev–Trinajstić information content (AvgIpc) is 2.92. The molecule has 1 aromatic heterocycles. The van der Waals surface area contributed by atoms with Crippen LogP contribution in [0.25, 0.3) is 11.3 Å². The quantitative estimate of drug-likeness (QED) is 0.309. The lowest BCUT2D eigenvalue weighted by Gasteiger charge is -2.20. The van der Waals surface area contributed by atoms with Crippen molar-refractivity contribution in [1.29, 1.82) is 0 Å². The van der Waals surface area contributed by atoms with E-state index >= 15 is 0 Å². The van der Waals surface area contributed by atoms with Crippen molar-refractivity contribution in [3.63, 3.8) is 0 Å². The molecule has 0 unspecified atom stereocenters. The molecule has 2 N–H and O–H groups in total. The third-order valence-electron chi connectivity index (χ3n) is 4.70. The summed E-state index contributed by atoms with van der Waals surface area (Å²) in [5.74, 6) is 1.83. The predicted molar refractivity (Wildman–Crippen MR) is 125 cm³/mol. The molecule has 0 bridgehead atoms. The molecule has 1 aliphatic heterocycles. The summed E-state index contributed by atoms with van der Waals surface area (Å²) in [6.07, 6.45) is 1.64. The van der Waals surface area contributed by atoms with Crippen LogP contribution in [0.2, 0.25) is 0 Å². The number of anilines is 1. The zero-order valence-corrected chi connectivity index (χ0v) is 19.7. The van der Waals surface area contributed by atoms with Crippen LogP contribution in [-0.4, -0.2) is 32.6 Å². The van der Waals surface area contributed by atoms with Crippen molar-refractivity contribution in [2.24, 2.45) is 0 Å².